The number of nitrogens with zero attached hydrogens (tertiary/aromatic N) is 1. The number of H-pyrrole nitrogens is 1. The molecule has 5 heteroatoms. The van der Waals surface area contributed by atoms with E-state index in [4.69, 9.17) is 9.47 Å². The Labute approximate surface area is 136 Å². The second-order valence-corrected chi connectivity index (χ2v) is 5.67. The molecule has 2 aromatic heterocycles. The zero-order valence-corrected chi connectivity index (χ0v) is 12.6. The monoisotopic (exact) mass is 316 g/mol. The standard InChI is InChI=1S/C19H12N2O3/c22-17-8-15(12-3-1-5-14-11(12)4-2-6-20-14)21-16-9-19-18(7-13(16)17)23-10-24-19/h1-9H,10H2,(H,21,22). The number of aromatic amines is 1. The van der Waals surface area contributed by atoms with Crippen molar-refractivity contribution in [2.75, 3.05) is 6.79 Å². The fourth-order valence-electron chi connectivity index (χ4n) is 3.12. The molecule has 0 atom stereocenters. The van der Waals surface area contributed by atoms with Crippen LogP contribution in [0.1, 0.15) is 0 Å². The van der Waals surface area contributed by atoms with Crippen LogP contribution >= 0.6 is 0 Å². The highest BCUT2D eigenvalue weighted by atomic mass is 16.7. The van der Waals surface area contributed by atoms with Crippen molar-refractivity contribution in [1.29, 1.82) is 0 Å². The normalized spacial score (nSPS) is 12.8. The van der Waals surface area contributed by atoms with E-state index in [0.29, 0.717) is 16.9 Å². The van der Waals surface area contributed by atoms with Crippen LogP contribution in [0.25, 0.3) is 33.1 Å². The van der Waals surface area contributed by atoms with Crippen LogP contribution in [0.4, 0.5) is 0 Å². The molecule has 5 rings (SSSR count). The molecule has 24 heavy (non-hydrogen) atoms. The molecule has 5 nitrogen and oxygen atoms in total. The first-order valence-electron chi connectivity index (χ1n) is 7.60. The van der Waals surface area contributed by atoms with E-state index in [0.717, 1.165) is 27.7 Å². The number of rotatable bonds is 1. The molecule has 2 aromatic carbocycles. The minimum absolute atomic E-state index is 0.0575. The molecule has 1 N–H and O–H groups in total. The molecule has 3 heterocycles. The third kappa shape index (κ3) is 1.88. The van der Waals surface area contributed by atoms with Crippen molar-refractivity contribution in [2.24, 2.45) is 0 Å². The molecule has 0 saturated heterocycles. The molecule has 1 aliphatic rings. The van der Waals surface area contributed by atoms with E-state index in [1.165, 1.54) is 0 Å². The Kier molecular flexibility index (Phi) is 2.64. The van der Waals surface area contributed by atoms with E-state index in [-0.39, 0.29) is 12.2 Å². The SMILES string of the molecule is O=c1cc(-c2cccc3ncccc23)[nH]c2cc3c(cc12)OCO3. The summed E-state index contributed by atoms with van der Waals surface area (Å²) >= 11 is 0. The number of ether oxygens (including phenoxy) is 2. The number of aromatic nitrogens is 2. The highest BCUT2D eigenvalue weighted by molar-refractivity contribution is 5.95. The predicted octanol–water partition coefficient (Wildman–Crippen LogP) is 3.47. The van der Waals surface area contributed by atoms with Crippen LogP contribution in [0.2, 0.25) is 0 Å². The molecular formula is C19H12N2O3. The van der Waals surface area contributed by atoms with Gasteiger partial charge in [0, 0.05) is 34.7 Å². The first kappa shape index (κ1) is 13.1. The molecule has 116 valence electrons. The van der Waals surface area contributed by atoms with Crippen LogP contribution < -0.4 is 14.9 Å². The second-order valence-electron chi connectivity index (χ2n) is 5.67. The minimum atomic E-state index is -0.0575. The number of benzene rings is 2. The van der Waals surface area contributed by atoms with E-state index in [9.17, 15) is 4.79 Å². The molecule has 0 aliphatic carbocycles. The Morgan fingerprint density at radius 3 is 2.75 bits per heavy atom. The van der Waals surface area contributed by atoms with Crippen molar-refractivity contribution in [1.82, 2.24) is 9.97 Å². The molecule has 0 spiro atoms. The van der Waals surface area contributed by atoms with Crippen LogP contribution in [0.5, 0.6) is 11.5 Å². The zero-order chi connectivity index (χ0) is 16.1. The van der Waals surface area contributed by atoms with Gasteiger partial charge < -0.3 is 14.5 Å². The van der Waals surface area contributed by atoms with Crippen molar-refractivity contribution >= 4 is 21.8 Å². The lowest BCUT2D eigenvalue weighted by atomic mass is 10.0. The molecule has 4 aromatic rings. The maximum Gasteiger partial charge on any atom is 0.231 e. The minimum Gasteiger partial charge on any atom is -0.454 e. The van der Waals surface area contributed by atoms with Gasteiger partial charge in [0.1, 0.15) is 0 Å². The van der Waals surface area contributed by atoms with Crippen LogP contribution in [0, 0.1) is 0 Å². The number of hydrogen-bond donors (Lipinski definition) is 1. The van der Waals surface area contributed by atoms with E-state index < -0.39 is 0 Å². The van der Waals surface area contributed by atoms with Gasteiger partial charge in [0.2, 0.25) is 6.79 Å². The highest BCUT2D eigenvalue weighted by Gasteiger charge is 2.16. The van der Waals surface area contributed by atoms with E-state index >= 15 is 0 Å². The van der Waals surface area contributed by atoms with Gasteiger partial charge in [-0.15, -0.1) is 0 Å². The molecule has 0 radical (unpaired) electrons. The molecular weight excluding hydrogens is 304 g/mol. The summed E-state index contributed by atoms with van der Waals surface area (Å²) in [6.07, 6.45) is 1.76. The van der Waals surface area contributed by atoms with Gasteiger partial charge in [-0.3, -0.25) is 9.78 Å². The van der Waals surface area contributed by atoms with E-state index in [2.05, 4.69) is 9.97 Å². The molecule has 1 aliphatic heterocycles. The van der Waals surface area contributed by atoms with Gasteiger partial charge in [0.25, 0.3) is 0 Å². The Bertz CT molecular complexity index is 1160. The Morgan fingerprint density at radius 2 is 1.83 bits per heavy atom. The maximum absolute atomic E-state index is 12.6. The molecule has 0 unspecified atom stereocenters. The van der Waals surface area contributed by atoms with Crippen LogP contribution in [0.3, 0.4) is 0 Å². The molecule has 0 amide bonds. The average molecular weight is 316 g/mol. The largest absolute Gasteiger partial charge is 0.454 e. The molecule has 0 fully saturated rings. The maximum atomic E-state index is 12.6. The topological polar surface area (TPSA) is 64.2 Å². The summed E-state index contributed by atoms with van der Waals surface area (Å²) in [4.78, 5) is 20.3. The number of nitrogens with one attached hydrogen (secondary N) is 1. The van der Waals surface area contributed by atoms with Gasteiger partial charge >= 0.3 is 0 Å². The van der Waals surface area contributed by atoms with Crippen LogP contribution in [-0.4, -0.2) is 16.8 Å². The predicted molar refractivity (Wildman–Crippen MR) is 91.4 cm³/mol. The lowest BCUT2D eigenvalue weighted by Gasteiger charge is -2.08. The third-order valence-electron chi connectivity index (χ3n) is 4.26. The van der Waals surface area contributed by atoms with Gasteiger partial charge in [0.15, 0.2) is 16.9 Å². The highest BCUT2D eigenvalue weighted by Crippen LogP contribution is 2.35. The lowest BCUT2D eigenvalue weighted by molar-refractivity contribution is 0.174. The number of hydrogen-bond acceptors (Lipinski definition) is 4. The number of pyridine rings is 2. The molecule has 0 saturated carbocycles. The van der Waals surface area contributed by atoms with Crippen molar-refractivity contribution in [3.63, 3.8) is 0 Å². The average Bonchev–Trinajstić information content (AvgIpc) is 3.07. The van der Waals surface area contributed by atoms with Crippen molar-refractivity contribution in [2.45, 2.75) is 0 Å². The smallest absolute Gasteiger partial charge is 0.231 e. The zero-order valence-electron chi connectivity index (χ0n) is 12.6. The summed E-state index contributed by atoms with van der Waals surface area (Å²) in [5.74, 6) is 1.25. The van der Waals surface area contributed by atoms with Gasteiger partial charge in [-0.05, 0) is 18.2 Å². The lowest BCUT2D eigenvalue weighted by Crippen LogP contribution is -2.03. The van der Waals surface area contributed by atoms with Crippen molar-refractivity contribution < 1.29 is 9.47 Å². The third-order valence-corrected chi connectivity index (χ3v) is 4.26. The van der Waals surface area contributed by atoms with Gasteiger partial charge in [-0.25, -0.2) is 0 Å². The quantitative estimate of drug-likeness (QED) is 0.584. The fraction of sp³-hybridized carbons (Fsp3) is 0.0526. The fourth-order valence-corrected chi connectivity index (χ4v) is 3.12. The summed E-state index contributed by atoms with van der Waals surface area (Å²) in [5.41, 5.74) is 3.25. The van der Waals surface area contributed by atoms with Gasteiger partial charge in [0.05, 0.1) is 16.7 Å². The van der Waals surface area contributed by atoms with Crippen LogP contribution in [0.15, 0.2) is 59.5 Å². The van der Waals surface area contributed by atoms with E-state index in [1.54, 1.807) is 18.3 Å². The Hall–Kier alpha value is -3.34. The van der Waals surface area contributed by atoms with Gasteiger partial charge in [-0.1, -0.05) is 18.2 Å². The van der Waals surface area contributed by atoms with Crippen molar-refractivity contribution in [3.8, 4) is 22.8 Å². The van der Waals surface area contributed by atoms with Crippen LogP contribution in [-0.2, 0) is 0 Å². The second kappa shape index (κ2) is 4.83. The molecule has 0 bridgehead atoms. The first-order valence-corrected chi connectivity index (χ1v) is 7.60. The summed E-state index contributed by atoms with van der Waals surface area (Å²) in [5, 5.41) is 1.58. The summed E-state index contributed by atoms with van der Waals surface area (Å²) in [6, 6.07) is 14.9. The summed E-state index contributed by atoms with van der Waals surface area (Å²) in [6.45, 7) is 0.182. The number of fused-ring (bicyclic) bond motifs is 3. The van der Waals surface area contributed by atoms with Gasteiger partial charge in [-0.2, -0.15) is 0 Å². The summed E-state index contributed by atoms with van der Waals surface area (Å²) < 4.78 is 10.8. The van der Waals surface area contributed by atoms with Crippen molar-refractivity contribution in [3.05, 3.63) is 65.0 Å². The Morgan fingerprint density at radius 1 is 0.958 bits per heavy atom. The van der Waals surface area contributed by atoms with E-state index in [1.807, 2.05) is 36.4 Å². The summed E-state index contributed by atoms with van der Waals surface area (Å²) in [7, 11) is 0. The Balaban J connectivity index is 1.81. The first-order chi connectivity index (χ1) is 11.8.